The molecular weight excluding hydrogens is 352 g/mol. The van der Waals surface area contributed by atoms with Crippen molar-refractivity contribution in [2.24, 2.45) is 0 Å². The van der Waals surface area contributed by atoms with Crippen molar-refractivity contribution in [1.82, 2.24) is 10.3 Å². The molecule has 0 aliphatic carbocycles. The quantitative estimate of drug-likeness (QED) is 0.447. The number of para-hydroxylation sites is 1. The van der Waals surface area contributed by atoms with Crippen LogP contribution in [0.1, 0.15) is 22.9 Å². The van der Waals surface area contributed by atoms with E-state index in [0.717, 1.165) is 28.6 Å². The van der Waals surface area contributed by atoms with Crippen molar-refractivity contribution in [3.05, 3.63) is 74.7 Å². The molecule has 1 aliphatic rings. The van der Waals surface area contributed by atoms with Crippen LogP contribution in [-0.4, -0.2) is 16.6 Å². The van der Waals surface area contributed by atoms with Crippen LogP contribution < -0.4 is 10.9 Å². The molecule has 0 unspecified atom stereocenters. The summed E-state index contributed by atoms with van der Waals surface area (Å²) in [6.45, 7) is 0.683. The van der Waals surface area contributed by atoms with Crippen LogP contribution in [0.4, 0.5) is 0 Å². The van der Waals surface area contributed by atoms with Crippen LogP contribution in [0.3, 0.4) is 0 Å². The van der Waals surface area contributed by atoms with Gasteiger partial charge in [0, 0.05) is 28.2 Å². The summed E-state index contributed by atoms with van der Waals surface area (Å²) in [5.74, 6) is -0.0427. The average Bonchev–Trinajstić information content (AvgIpc) is 3.00. The SMILES string of the molecule is O=c1oc2ccccc2c(O)c1[C@H]1NCCc2c1[nH]c1ccc(Cl)cc21. The van der Waals surface area contributed by atoms with E-state index in [-0.39, 0.29) is 11.3 Å². The molecule has 26 heavy (non-hydrogen) atoms. The van der Waals surface area contributed by atoms with Crippen molar-refractivity contribution < 1.29 is 9.52 Å². The molecule has 4 aromatic rings. The van der Waals surface area contributed by atoms with Crippen LogP contribution in [0.2, 0.25) is 5.02 Å². The number of rotatable bonds is 1. The van der Waals surface area contributed by atoms with Gasteiger partial charge in [0.15, 0.2) is 0 Å². The van der Waals surface area contributed by atoms with Crippen LogP contribution in [0, 0.1) is 0 Å². The molecule has 0 fully saturated rings. The molecule has 6 heteroatoms. The van der Waals surface area contributed by atoms with E-state index in [1.165, 1.54) is 0 Å². The first kappa shape index (κ1) is 15.5. The Morgan fingerprint density at radius 1 is 1.15 bits per heavy atom. The van der Waals surface area contributed by atoms with E-state index >= 15 is 0 Å². The number of halogens is 1. The van der Waals surface area contributed by atoms with E-state index < -0.39 is 11.7 Å². The number of H-pyrrole nitrogens is 1. The van der Waals surface area contributed by atoms with E-state index in [1.54, 1.807) is 24.3 Å². The van der Waals surface area contributed by atoms with Gasteiger partial charge in [-0.05, 0) is 42.3 Å². The highest BCUT2D eigenvalue weighted by molar-refractivity contribution is 6.31. The third-order valence-corrected chi connectivity index (χ3v) is 5.26. The molecule has 130 valence electrons. The van der Waals surface area contributed by atoms with Gasteiger partial charge in [0.25, 0.3) is 0 Å². The fraction of sp³-hybridized carbons (Fsp3) is 0.150. The summed E-state index contributed by atoms with van der Waals surface area (Å²) in [7, 11) is 0. The Balaban J connectivity index is 1.78. The van der Waals surface area contributed by atoms with Crippen LogP contribution in [0.25, 0.3) is 21.9 Å². The monoisotopic (exact) mass is 366 g/mol. The van der Waals surface area contributed by atoms with Crippen molar-refractivity contribution in [3.63, 3.8) is 0 Å². The number of hydrogen-bond acceptors (Lipinski definition) is 4. The Kier molecular flexibility index (Phi) is 3.35. The first-order chi connectivity index (χ1) is 12.6. The van der Waals surface area contributed by atoms with Gasteiger partial charge >= 0.3 is 5.63 Å². The fourth-order valence-electron chi connectivity index (χ4n) is 3.85. The maximum Gasteiger partial charge on any atom is 0.345 e. The van der Waals surface area contributed by atoms with Gasteiger partial charge in [0.2, 0.25) is 0 Å². The van der Waals surface area contributed by atoms with E-state index in [4.69, 9.17) is 16.0 Å². The summed E-state index contributed by atoms with van der Waals surface area (Å²) in [6, 6.07) is 12.2. The van der Waals surface area contributed by atoms with Crippen molar-refractivity contribution in [1.29, 1.82) is 0 Å². The number of aromatic nitrogens is 1. The van der Waals surface area contributed by atoms with Gasteiger partial charge in [0.05, 0.1) is 11.4 Å². The minimum atomic E-state index is -0.539. The topological polar surface area (TPSA) is 78.3 Å². The molecule has 0 amide bonds. The maximum atomic E-state index is 12.6. The van der Waals surface area contributed by atoms with Gasteiger partial charge in [-0.25, -0.2) is 4.79 Å². The molecule has 3 N–H and O–H groups in total. The molecule has 3 heterocycles. The molecule has 0 saturated heterocycles. The molecular formula is C20H15ClN2O3. The Morgan fingerprint density at radius 3 is 2.88 bits per heavy atom. The second-order valence-electron chi connectivity index (χ2n) is 6.49. The van der Waals surface area contributed by atoms with E-state index in [0.29, 0.717) is 22.5 Å². The summed E-state index contributed by atoms with van der Waals surface area (Å²) in [5.41, 5.74) is 2.99. The minimum Gasteiger partial charge on any atom is -0.507 e. The molecule has 2 aromatic heterocycles. The summed E-state index contributed by atoms with van der Waals surface area (Å²) in [6.07, 6.45) is 0.811. The van der Waals surface area contributed by atoms with E-state index in [9.17, 15) is 9.90 Å². The summed E-state index contributed by atoms with van der Waals surface area (Å²) in [4.78, 5) is 16.0. The first-order valence-electron chi connectivity index (χ1n) is 8.41. The lowest BCUT2D eigenvalue weighted by Gasteiger charge is -2.24. The highest BCUT2D eigenvalue weighted by atomic mass is 35.5. The Morgan fingerprint density at radius 2 is 2.00 bits per heavy atom. The minimum absolute atomic E-state index is 0.0427. The smallest absolute Gasteiger partial charge is 0.345 e. The van der Waals surface area contributed by atoms with Crippen LogP contribution >= 0.6 is 11.6 Å². The van der Waals surface area contributed by atoms with Crippen LogP contribution in [0.15, 0.2) is 51.7 Å². The zero-order chi connectivity index (χ0) is 17.8. The molecule has 5 nitrogen and oxygen atoms in total. The van der Waals surface area contributed by atoms with Gasteiger partial charge in [-0.3, -0.25) is 0 Å². The summed E-state index contributed by atoms with van der Waals surface area (Å²) < 4.78 is 5.44. The van der Waals surface area contributed by atoms with E-state index in [1.807, 2.05) is 18.2 Å². The molecule has 1 aliphatic heterocycles. The van der Waals surface area contributed by atoms with Gasteiger partial charge < -0.3 is 19.8 Å². The standard InChI is InChI=1S/C20H15ClN2O3/c21-10-5-6-14-13(9-10)11-7-8-22-18(17(11)23-14)16-19(24)12-3-1-2-4-15(12)26-20(16)25/h1-6,9,18,22-24H,7-8H2/t18-/m1/s1. The zero-order valence-corrected chi connectivity index (χ0v) is 14.4. The number of aromatic amines is 1. The molecule has 0 saturated carbocycles. The number of hydrogen-bond donors (Lipinski definition) is 3. The molecule has 2 aromatic carbocycles. The van der Waals surface area contributed by atoms with Crippen molar-refractivity contribution in [3.8, 4) is 5.75 Å². The first-order valence-corrected chi connectivity index (χ1v) is 8.79. The van der Waals surface area contributed by atoms with Crippen molar-refractivity contribution in [2.45, 2.75) is 12.5 Å². The largest absolute Gasteiger partial charge is 0.507 e. The lowest BCUT2D eigenvalue weighted by molar-refractivity contribution is 0.435. The predicted molar refractivity (Wildman–Crippen MR) is 101 cm³/mol. The van der Waals surface area contributed by atoms with Gasteiger partial charge in [0.1, 0.15) is 16.9 Å². The Labute approximate surface area is 153 Å². The molecule has 0 bridgehead atoms. The highest BCUT2D eigenvalue weighted by Gasteiger charge is 2.31. The normalized spacial score (nSPS) is 16.9. The molecule has 0 radical (unpaired) electrons. The average molecular weight is 367 g/mol. The van der Waals surface area contributed by atoms with Crippen molar-refractivity contribution in [2.75, 3.05) is 6.54 Å². The second-order valence-corrected chi connectivity index (χ2v) is 6.93. The molecule has 0 spiro atoms. The zero-order valence-electron chi connectivity index (χ0n) is 13.7. The molecule has 5 rings (SSSR count). The second kappa shape index (κ2) is 5.62. The predicted octanol–water partition coefficient (Wildman–Crippen LogP) is 3.87. The fourth-order valence-corrected chi connectivity index (χ4v) is 4.02. The molecule has 1 atom stereocenters. The van der Waals surface area contributed by atoms with Crippen molar-refractivity contribution >= 4 is 33.5 Å². The highest BCUT2D eigenvalue weighted by Crippen LogP contribution is 2.38. The lowest BCUT2D eigenvalue weighted by Crippen LogP contribution is -2.33. The number of benzene rings is 2. The van der Waals surface area contributed by atoms with Gasteiger partial charge in [-0.1, -0.05) is 23.7 Å². The summed E-state index contributed by atoms with van der Waals surface area (Å²) >= 11 is 6.15. The maximum absolute atomic E-state index is 12.6. The third-order valence-electron chi connectivity index (χ3n) is 5.02. The lowest BCUT2D eigenvalue weighted by atomic mass is 9.94. The number of aromatic hydroxyl groups is 1. The summed E-state index contributed by atoms with van der Waals surface area (Å²) in [5, 5.41) is 16.4. The number of fused-ring (bicyclic) bond motifs is 4. The Hall–Kier alpha value is -2.76. The number of nitrogens with one attached hydrogen (secondary N) is 2. The van der Waals surface area contributed by atoms with Gasteiger partial charge in [-0.2, -0.15) is 0 Å². The van der Waals surface area contributed by atoms with Crippen LogP contribution in [0.5, 0.6) is 5.75 Å². The third kappa shape index (κ3) is 2.18. The Bertz CT molecular complexity index is 1230. The van der Waals surface area contributed by atoms with E-state index in [2.05, 4.69) is 10.3 Å². The van der Waals surface area contributed by atoms with Crippen LogP contribution in [-0.2, 0) is 6.42 Å². The van der Waals surface area contributed by atoms with Gasteiger partial charge in [-0.15, -0.1) is 0 Å².